The van der Waals surface area contributed by atoms with E-state index in [1.54, 1.807) is 0 Å². The van der Waals surface area contributed by atoms with E-state index in [0.717, 1.165) is 24.6 Å². The number of halogens is 3. The molecule has 1 heterocycles. The number of nitrogens with two attached hydrogens (primary N) is 1. The molecule has 0 amide bonds. The van der Waals surface area contributed by atoms with Gasteiger partial charge in [-0.3, -0.25) is 0 Å². The van der Waals surface area contributed by atoms with Crippen LogP contribution in [0.1, 0.15) is 19.8 Å². The Morgan fingerprint density at radius 2 is 2.20 bits per heavy atom. The molecule has 0 aromatic carbocycles. The Morgan fingerprint density at radius 1 is 1.53 bits per heavy atom. The summed E-state index contributed by atoms with van der Waals surface area (Å²) < 4.78 is 42.8. The summed E-state index contributed by atoms with van der Waals surface area (Å²) in [4.78, 5) is 0. The molecule has 1 rings (SSSR count). The molecule has 2 N–H and O–H groups in total. The third-order valence-electron chi connectivity index (χ3n) is 2.29. The molecule has 90 valence electrons. The van der Waals surface area contributed by atoms with Gasteiger partial charge in [0.15, 0.2) is 0 Å². The molecule has 1 aliphatic heterocycles. The molecular formula is C9H16F3NOS. The lowest BCUT2D eigenvalue weighted by Gasteiger charge is -2.24. The van der Waals surface area contributed by atoms with E-state index in [1.807, 2.05) is 0 Å². The van der Waals surface area contributed by atoms with Crippen LogP contribution in [0.2, 0.25) is 0 Å². The predicted octanol–water partition coefficient (Wildman–Crippen LogP) is 2.18. The molecule has 0 spiro atoms. The van der Waals surface area contributed by atoms with Crippen LogP contribution in [0.25, 0.3) is 0 Å². The van der Waals surface area contributed by atoms with Crippen LogP contribution < -0.4 is 5.73 Å². The van der Waals surface area contributed by atoms with Gasteiger partial charge in [0.05, 0.1) is 6.10 Å². The van der Waals surface area contributed by atoms with Crippen LogP contribution in [0.4, 0.5) is 13.2 Å². The van der Waals surface area contributed by atoms with Crippen molar-refractivity contribution in [3.8, 4) is 0 Å². The number of ether oxygens (including phenoxy) is 1. The van der Waals surface area contributed by atoms with Gasteiger partial charge in [-0.15, -0.1) is 11.8 Å². The Bertz CT molecular complexity index is 192. The first kappa shape index (κ1) is 13.1. The number of rotatable bonds is 4. The zero-order valence-electron chi connectivity index (χ0n) is 8.59. The molecule has 3 atom stereocenters. The second-order valence-corrected chi connectivity index (χ2v) is 4.96. The molecule has 3 unspecified atom stereocenters. The summed E-state index contributed by atoms with van der Waals surface area (Å²) in [5.74, 6) is 0.381. The van der Waals surface area contributed by atoms with E-state index in [2.05, 4.69) is 0 Å². The smallest absolute Gasteiger partial charge is 0.377 e. The SMILES string of the molecule is CC(N)C(SCC1CCCO1)C(F)(F)F. The Balaban J connectivity index is 2.37. The lowest BCUT2D eigenvalue weighted by Crippen LogP contribution is -2.41. The van der Waals surface area contributed by atoms with Gasteiger partial charge in [-0.05, 0) is 19.8 Å². The average Bonchev–Trinajstić information content (AvgIpc) is 2.53. The molecule has 1 saturated heterocycles. The van der Waals surface area contributed by atoms with Crippen molar-refractivity contribution in [1.29, 1.82) is 0 Å². The minimum absolute atomic E-state index is 0.0291. The van der Waals surface area contributed by atoms with Crippen LogP contribution in [0.15, 0.2) is 0 Å². The highest BCUT2D eigenvalue weighted by molar-refractivity contribution is 8.00. The fourth-order valence-electron chi connectivity index (χ4n) is 1.53. The fraction of sp³-hybridized carbons (Fsp3) is 1.00. The van der Waals surface area contributed by atoms with E-state index < -0.39 is 17.5 Å². The van der Waals surface area contributed by atoms with E-state index in [1.165, 1.54) is 6.92 Å². The van der Waals surface area contributed by atoms with Crippen LogP contribution in [0.3, 0.4) is 0 Å². The molecule has 1 fully saturated rings. The minimum atomic E-state index is -4.22. The van der Waals surface area contributed by atoms with Crippen molar-refractivity contribution in [1.82, 2.24) is 0 Å². The molecule has 0 aromatic heterocycles. The van der Waals surface area contributed by atoms with Crippen LogP contribution in [0.5, 0.6) is 0 Å². The molecular weight excluding hydrogens is 227 g/mol. The highest BCUT2D eigenvalue weighted by Gasteiger charge is 2.42. The van der Waals surface area contributed by atoms with Crippen molar-refractivity contribution in [2.24, 2.45) is 5.73 Å². The topological polar surface area (TPSA) is 35.2 Å². The summed E-state index contributed by atoms with van der Waals surface area (Å²) in [7, 11) is 0. The van der Waals surface area contributed by atoms with Crippen molar-refractivity contribution in [2.75, 3.05) is 12.4 Å². The Morgan fingerprint density at radius 3 is 2.60 bits per heavy atom. The first-order valence-electron chi connectivity index (χ1n) is 4.96. The second-order valence-electron chi connectivity index (χ2n) is 3.79. The van der Waals surface area contributed by atoms with Gasteiger partial charge < -0.3 is 10.5 Å². The van der Waals surface area contributed by atoms with Crippen LogP contribution in [-0.2, 0) is 4.74 Å². The molecule has 0 saturated carbocycles. The van der Waals surface area contributed by atoms with Crippen LogP contribution in [0, 0.1) is 0 Å². The number of hydrogen-bond donors (Lipinski definition) is 1. The molecule has 0 aromatic rings. The van der Waals surface area contributed by atoms with E-state index in [-0.39, 0.29) is 6.10 Å². The van der Waals surface area contributed by atoms with E-state index in [9.17, 15) is 13.2 Å². The van der Waals surface area contributed by atoms with E-state index in [4.69, 9.17) is 10.5 Å². The van der Waals surface area contributed by atoms with Crippen molar-refractivity contribution in [3.05, 3.63) is 0 Å². The molecule has 0 aliphatic carbocycles. The first-order valence-corrected chi connectivity index (χ1v) is 6.01. The van der Waals surface area contributed by atoms with Gasteiger partial charge in [0.25, 0.3) is 0 Å². The molecule has 0 radical (unpaired) electrons. The minimum Gasteiger partial charge on any atom is -0.377 e. The maximum absolute atomic E-state index is 12.5. The summed E-state index contributed by atoms with van der Waals surface area (Å²) >= 11 is 0.859. The Hall–Kier alpha value is 0.0600. The van der Waals surface area contributed by atoms with E-state index >= 15 is 0 Å². The zero-order valence-corrected chi connectivity index (χ0v) is 9.40. The predicted molar refractivity (Wildman–Crippen MR) is 54.9 cm³/mol. The monoisotopic (exact) mass is 243 g/mol. The summed E-state index contributed by atoms with van der Waals surface area (Å²) in [6.07, 6.45) is -2.45. The largest absolute Gasteiger partial charge is 0.402 e. The number of alkyl halides is 3. The maximum atomic E-state index is 12.5. The average molecular weight is 243 g/mol. The van der Waals surface area contributed by atoms with Crippen molar-refractivity contribution in [2.45, 2.75) is 43.3 Å². The molecule has 0 bridgehead atoms. The zero-order chi connectivity index (χ0) is 11.5. The Labute approximate surface area is 91.7 Å². The second kappa shape index (κ2) is 5.41. The van der Waals surface area contributed by atoms with Crippen molar-refractivity contribution in [3.63, 3.8) is 0 Å². The lowest BCUT2D eigenvalue weighted by molar-refractivity contribution is -0.131. The normalized spacial score (nSPS) is 26.6. The van der Waals surface area contributed by atoms with Gasteiger partial charge >= 0.3 is 6.18 Å². The highest BCUT2D eigenvalue weighted by Crippen LogP contribution is 2.33. The van der Waals surface area contributed by atoms with Gasteiger partial charge in [0.1, 0.15) is 5.25 Å². The fourth-order valence-corrected chi connectivity index (χ4v) is 2.71. The Kier molecular flexibility index (Phi) is 4.73. The molecule has 15 heavy (non-hydrogen) atoms. The van der Waals surface area contributed by atoms with Crippen molar-refractivity contribution >= 4 is 11.8 Å². The van der Waals surface area contributed by atoms with Crippen molar-refractivity contribution < 1.29 is 17.9 Å². The molecule has 2 nitrogen and oxygen atoms in total. The quantitative estimate of drug-likeness (QED) is 0.822. The van der Waals surface area contributed by atoms with Gasteiger partial charge in [0.2, 0.25) is 0 Å². The van der Waals surface area contributed by atoms with E-state index in [0.29, 0.717) is 12.4 Å². The third-order valence-corrected chi connectivity index (χ3v) is 3.91. The van der Waals surface area contributed by atoms with Gasteiger partial charge in [-0.1, -0.05) is 0 Å². The molecule has 6 heteroatoms. The standard InChI is InChI=1S/C9H16F3NOS/c1-6(13)8(9(10,11)12)15-5-7-3-2-4-14-7/h6-8H,2-5,13H2,1H3. The van der Waals surface area contributed by atoms with Gasteiger partial charge in [0, 0.05) is 18.4 Å². The summed E-state index contributed by atoms with van der Waals surface area (Å²) in [5, 5.41) is -1.48. The van der Waals surface area contributed by atoms with Crippen LogP contribution in [-0.4, -0.2) is 35.9 Å². The lowest BCUT2D eigenvalue weighted by atomic mass is 10.2. The summed E-state index contributed by atoms with van der Waals surface area (Å²) in [6, 6.07) is -0.878. The van der Waals surface area contributed by atoms with Gasteiger partial charge in [-0.25, -0.2) is 0 Å². The van der Waals surface area contributed by atoms with Crippen LogP contribution >= 0.6 is 11.8 Å². The highest BCUT2D eigenvalue weighted by atomic mass is 32.2. The molecule has 1 aliphatic rings. The first-order chi connectivity index (χ1) is 6.91. The number of thioether (sulfide) groups is 1. The number of hydrogen-bond acceptors (Lipinski definition) is 3. The maximum Gasteiger partial charge on any atom is 0.402 e. The third kappa shape index (κ3) is 4.20. The summed E-state index contributed by atoms with van der Waals surface area (Å²) in [6.45, 7) is 2.06. The summed E-state index contributed by atoms with van der Waals surface area (Å²) in [5.41, 5.74) is 5.33. The van der Waals surface area contributed by atoms with Gasteiger partial charge in [-0.2, -0.15) is 13.2 Å².